The molecule has 0 aromatic heterocycles. The maximum absolute atomic E-state index is 11.6. The summed E-state index contributed by atoms with van der Waals surface area (Å²) in [7, 11) is 1.76. The zero-order chi connectivity index (χ0) is 14.4. The lowest BCUT2D eigenvalue weighted by Crippen LogP contribution is -2.31. The number of hydrogen-bond donors (Lipinski definition) is 1. The van der Waals surface area contributed by atoms with Crippen molar-refractivity contribution in [3.63, 3.8) is 0 Å². The molecular weight excluding hydrogens is 308 g/mol. The summed E-state index contributed by atoms with van der Waals surface area (Å²) in [6, 6.07) is 5.93. The number of nitrogens with zero attached hydrogens (tertiary/aromatic N) is 1. The minimum Gasteiger partial charge on any atom is -0.483 e. The van der Waals surface area contributed by atoms with Gasteiger partial charge < -0.3 is 15.4 Å². The second-order valence-electron chi connectivity index (χ2n) is 4.64. The van der Waals surface area contributed by atoms with E-state index in [0.29, 0.717) is 12.3 Å². The zero-order valence-electron chi connectivity index (χ0n) is 11.6. The summed E-state index contributed by atoms with van der Waals surface area (Å²) in [4.78, 5) is 13.3. The lowest BCUT2D eigenvalue weighted by atomic mass is 10.1. The molecule has 0 saturated carbocycles. The molecule has 4 nitrogen and oxygen atoms in total. The van der Waals surface area contributed by atoms with Crippen molar-refractivity contribution in [3.05, 3.63) is 28.2 Å². The molecule has 0 aliphatic carbocycles. The van der Waals surface area contributed by atoms with E-state index in [1.54, 1.807) is 11.9 Å². The van der Waals surface area contributed by atoms with Gasteiger partial charge in [0.15, 0.2) is 6.61 Å². The van der Waals surface area contributed by atoms with E-state index in [-0.39, 0.29) is 18.6 Å². The number of amides is 1. The van der Waals surface area contributed by atoms with Crippen molar-refractivity contribution in [3.8, 4) is 5.75 Å². The zero-order valence-corrected chi connectivity index (χ0v) is 13.2. The predicted octanol–water partition coefficient (Wildman–Crippen LogP) is 2.20. The highest BCUT2D eigenvalue weighted by molar-refractivity contribution is 9.10. The molecular formula is C14H21BrN2O2. The number of carbonyl (C=O) groups excluding carboxylic acids is 1. The van der Waals surface area contributed by atoms with Gasteiger partial charge in [-0.1, -0.05) is 6.07 Å². The number of benzene rings is 1. The van der Waals surface area contributed by atoms with Crippen molar-refractivity contribution >= 4 is 21.8 Å². The fourth-order valence-electron chi connectivity index (χ4n) is 1.59. The van der Waals surface area contributed by atoms with Crippen molar-refractivity contribution in [1.82, 2.24) is 4.90 Å². The van der Waals surface area contributed by atoms with Crippen molar-refractivity contribution in [1.29, 1.82) is 0 Å². The Morgan fingerprint density at radius 3 is 2.74 bits per heavy atom. The van der Waals surface area contributed by atoms with Gasteiger partial charge in [-0.05, 0) is 53.9 Å². The summed E-state index contributed by atoms with van der Waals surface area (Å²) in [6.45, 7) is 4.63. The molecule has 1 aromatic rings. The molecule has 0 heterocycles. The summed E-state index contributed by atoms with van der Waals surface area (Å²) in [6.07, 6.45) is 0.816. The SMILES string of the molecule is CCN(C)C(=O)COc1ccc(CC(C)N)cc1Br. The third-order valence-electron chi connectivity index (χ3n) is 2.81. The quantitative estimate of drug-likeness (QED) is 0.870. The predicted molar refractivity (Wildman–Crippen MR) is 80.3 cm³/mol. The van der Waals surface area contributed by atoms with Crippen LogP contribution < -0.4 is 10.5 Å². The van der Waals surface area contributed by atoms with Crippen LogP contribution in [0.25, 0.3) is 0 Å². The molecule has 0 bridgehead atoms. The van der Waals surface area contributed by atoms with Crippen LogP contribution in [0.1, 0.15) is 19.4 Å². The molecule has 2 N–H and O–H groups in total. The first-order chi connectivity index (χ1) is 8.93. The first-order valence-electron chi connectivity index (χ1n) is 6.34. The molecule has 19 heavy (non-hydrogen) atoms. The second kappa shape index (κ2) is 7.50. The normalized spacial score (nSPS) is 12.1. The van der Waals surface area contributed by atoms with Gasteiger partial charge in [-0.15, -0.1) is 0 Å². The highest BCUT2D eigenvalue weighted by Crippen LogP contribution is 2.26. The van der Waals surface area contributed by atoms with Gasteiger partial charge in [-0.25, -0.2) is 0 Å². The number of ether oxygens (including phenoxy) is 1. The first kappa shape index (κ1) is 16.0. The Kier molecular flexibility index (Phi) is 6.31. The average molecular weight is 329 g/mol. The summed E-state index contributed by atoms with van der Waals surface area (Å²) >= 11 is 3.45. The molecule has 1 unspecified atom stereocenters. The minimum absolute atomic E-state index is 0.0333. The van der Waals surface area contributed by atoms with Crippen LogP contribution in [0.3, 0.4) is 0 Å². The standard InChI is InChI=1S/C14H21BrN2O2/c1-4-17(3)14(18)9-19-13-6-5-11(7-10(2)16)8-12(13)15/h5-6,8,10H,4,7,9,16H2,1-3H3. The van der Waals surface area contributed by atoms with Crippen molar-refractivity contribution < 1.29 is 9.53 Å². The van der Waals surface area contributed by atoms with Crippen LogP contribution in [-0.4, -0.2) is 37.0 Å². The van der Waals surface area contributed by atoms with E-state index in [2.05, 4.69) is 15.9 Å². The van der Waals surface area contributed by atoms with Crippen LogP contribution in [0.2, 0.25) is 0 Å². The molecule has 1 atom stereocenters. The Balaban J connectivity index is 2.62. The largest absolute Gasteiger partial charge is 0.483 e. The summed E-state index contributed by atoms with van der Waals surface area (Å²) in [5.74, 6) is 0.639. The van der Waals surface area contributed by atoms with Gasteiger partial charge in [0.25, 0.3) is 5.91 Å². The van der Waals surface area contributed by atoms with E-state index >= 15 is 0 Å². The van der Waals surface area contributed by atoms with Crippen molar-refractivity contribution in [2.45, 2.75) is 26.3 Å². The highest BCUT2D eigenvalue weighted by Gasteiger charge is 2.09. The van der Waals surface area contributed by atoms with Gasteiger partial charge in [0, 0.05) is 19.6 Å². The van der Waals surface area contributed by atoms with Crippen LogP contribution in [0.5, 0.6) is 5.75 Å². The van der Waals surface area contributed by atoms with Gasteiger partial charge in [0.05, 0.1) is 4.47 Å². The molecule has 0 aliphatic heterocycles. The summed E-state index contributed by atoms with van der Waals surface area (Å²) in [5.41, 5.74) is 6.91. The molecule has 0 fully saturated rings. The van der Waals surface area contributed by atoms with Crippen LogP contribution >= 0.6 is 15.9 Å². The fourth-order valence-corrected chi connectivity index (χ4v) is 2.13. The smallest absolute Gasteiger partial charge is 0.260 e. The second-order valence-corrected chi connectivity index (χ2v) is 5.50. The topological polar surface area (TPSA) is 55.6 Å². The Morgan fingerprint density at radius 1 is 1.53 bits per heavy atom. The van der Waals surface area contributed by atoms with Crippen molar-refractivity contribution in [2.75, 3.05) is 20.2 Å². The van der Waals surface area contributed by atoms with E-state index < -0.39 is 0 Å². The number of halogens is 1. The van der Waals surface area contributed by atoms with Gasteiger partial charge in [-0.2, -0.15) is 0 Å². The van der Waals surface area contributed by atoms with Crippen LogP contribution in [0.4, 0.5) is 0 Å². The Hall–Kier alpha value is -1.07. The number of carbonyl (C=O) groups is 1. The molecule has 0 aliphatic rings. The van der Waals surface area contributed by atoms with Gasteiger partial charge in [-0.3, -0.25) is 4.79 Å². The Bertz CT molecular complexity index is 435. The molecule has 0 saturated heterocycles. The highest BCUT2D eigenvalue weighted by atomic mass is 79.9. The van der Waals surface area contributed by atoms with Crippen LogP contribution in [0.15, 0.2) is 22.7 Å². The maximum Gasteiger partial charge on any atom is 0.260 e. The molecule has 0 spiro atoms. The summed E-state index contributed by atoms with van der Waals surface area (Å²) in [5, 5.41) is 0. The molecule has 1 rings (SSSR count). The minimum atomic E-state index is -0.0333. The molecule has 5 heteroatoms. The van der Waals surface area contributed by atoms with Crippen LogP contribution in [0, 0.1) is 0 Å². The van der Waals surface area contributed by atoms with E-state index in [0.717, 1.165) is 16.5 Å². The molecule has 0 radical (unpaired) electrons. The van der Waals surface area contributed by atoms with Gasteiger partial charge in [0.1, 0.15) is 5.75 Å². The first-order valence-corrected chi connectivity index (χ1v) is 7.14. The van der Waals surface area contributed by atoms with Gasteiger partial charge in [0.2, 0.25) is 0 Å². The van der Waals surface area contributed by atoms with E-state index in [9.17, 15) is 4.79 Å². The molecule has 1 aromatic carbocycles. The van der Waals surface area contributed by atoms with E-state index in [1.165, 1.54) is 0 Å². The molecule has 1 amide bonds. The van der Waals surface area contributed by atoms with Gasteiger partial charge >= 0.3 is 0 Å². The monoisotopic (exact) mass is 328 g/mol. The Morgan fingerprint density at radius 2 is 2.21 bits per heavy atom. The number of nitrogens with two attached hydrogens (primary N) is 1. The Labute approximate surface area is 123 Å². The average Bonchev–Trinajstić information content (AvgIpc) is 2.35. The van der Waals surface area contributed by atoms with E-state index in [4.69, 9.17) is 10.5 Å². The summed E-state index contributed by atoms with van der Waals surface area (Å²) < 4.78 is 6.36. The fraction of sp³-hybridized carbons (Fsp3) is 0.500. The third kappa shape index (κ3) is 5.20. The van der Waals surface area contributed by atoms with Crippen LogP contribution in [-0.2, 0) is 11.2 Å². The third-order valence-corrected chi connectivity index (χ3v) is 3.42. The number of hydrogen-bond acceptors (Lipinski definition) is 3. The number of rotatable bonds is 6. The lowest BCUT2D eigenvalue weighted by molar-refractivity contribution is -0.131. The molecule has 106 valence electrons. The van der Waals surface area contributed by atoms with Crippen molar-refractivity contribution in [2.24, 2.45) is 5.73 Å². The maximum atomic E-state index is 11.6. The number of likely N-dealkylation sites (N-methyl/N-ethyl adjacent to an activating group) is 1. The lowest BCUT2D eigenvalue weighted by Gasteiger charge is -2.15. The van der Waals surface area contributed by atoms with E-state index in [1.807, 2.05) is 32.0 Å².